The number of carbonyl (C=O) groups is 2. The second-order valence-electron chi connectivity index (χ2n) is 3.61. The number of nitrogens with two attached hydrogens (primary N) is 1. The van der Waals surface area contributed by atoms with E-state index in [2.05, 4.69) is 10.3 Å². The van der Waals surface area contributed by atoms with Gasteiger partial charge in [0.15, 0.2) is 0 Å². The number of aliphatic carboxylic acids is 1. The van der Waals surface area contributed by atoms with Crippen molar-refractivity contribution in [1.82, 2.24) is 10.3 Å². The predicted octanol–water partition coefficient (Wildman–Crippen LogP) is 0.0948. The monoisotopic (exact) mass is 257 g/mol. The third kappa shape index (κ3) is 4.12. The number of carboxylic acids is 1. The number of aromatic nitrogens is 1. The van der Waals surface area contributed by atoms with Crippen LogP contribution in [-0.2, 0) is 11.2 Å². The topological polar surface area (TPSA) is 105 Å². The molecule has 1 aromatic heterocycles. The molecule has 1 atom stereocenters. The van der Waals surface area contributed by atoms with E-state index in [1.54, 1.807) is 5.38 Å². The summed E-state index contributed by atoms with van der Waals surface area (Å²) in [6.07, 6.45) is 0.642. The standard InChI is InChI=1S/C10H15N3O3S/c1-6(10(15)16)4-12-9(14)7-5-17-8(13-7)2-3-11/h5-6H,2-4,11H2,1H3,(H,12,14)(H,15,16). The van der Waals surface area contributed by atoms with Gasteiger partial charge in [-0.1, -0.05) is 6.92 Å². The smallest absolute Gasteiger partial charge is 0.308 e. The van der Waals surface area contributed by atoms with E-state index in [1.165, 1.54) is 18.3 Å². The van der Waals surface area contributed by atoms with Gasteiger partial charge in [-0.25, -0.2) is 4.98 Å². The summed E-state index contributed by atoms with van der Waals surface area (Å²) in [6.45, 7) is 2.12. The number of amides is 1. The molecule has 0 bridgehead atoms. The lowest BCUT2D eigenvalue weighted by molar-refractivity contribution is -0.140. The van der Waals surface area contributed by atoms with Crippen LogP contribution in [0.5, 0.6) is 0 Å². The lowest BCUT2D eigenvalue weighted by atomic mass is 10.2. The van der Waals surface area contributed by atoms with Crippen LogP contribution in [-0.4, -0.2) is 35.1 Å². The van der Waals surface area contributed by atoms with Crippen molar-refractivity contribution < 1.29 is 14.7 Å². The molecular weight excluding hydrogens is 242 g/mol. The second kappa shape index (κ2) is 6.31. The van der Waals surface area contributed by atoms with Gasteiger partial charge in [-0.15, -0.1) is 11.3 Å². The Bertz CT molecular complexity index is 405. The molecule has 1 aromatic rings. The van der Waals surface area contributed by atoms with Crippen LogP contribution in [0.4, 0.5) is 0 Å². The molecule has 17 heavy (non-hydrogen) atoms. The Kier molecular flexibility index (Phi) is 5.05. The minimum Gasteiger partial charge on any atom is -0.481 e. The van der Waals surface area contributed by atoms with Crippen LogP contribution >= 0.6 is 11.3 Å². The molecule has 0 spiro atoms. The Morgan fingerprint density at radius 1 is 1.65 bits per heavy atom. The zero-order chi connectivity index (χ0) is 12.8. The molecule has 7 heteroatoms. The summed E-state index contributed by atoms with van der Waals surface area (Å²) in [4.78, 5) is 26.3. The molecule has 0 aliphatic rings. The number of carboxylic acid groups (broad SMARTS) is 1. The van der Waals surface area contributed by atoms with E-state index < -0.39 is 11.9 Å². The number of hydrogen-bond donors (Lipinski definition) is 3. The molecular formula is C10H15N3O3S. The summed E-state index contributed by atoms with van der Waals surface area (Å²) in [5.41, 5.74) is 5.69. The second-order valence-corrected chi connectivity index (χ2v) is 4.56. The summed E-state index contributed by atoms with van der Waals surface area (Å²) >= 11 is 1.37. The fourth-order valence-corrected chi connectivity index (χ4v) is 1.87. The van der Waals surface area contributed by atoms with Crippen molar-refractivity contribution in [1.29, 1.82) is 0 Å². The van der Waals surface area contributed by atoms with Crippen molar-refractivity contribution in [2.24, 2.45) is 11.7 Å². The highest BCUT2D eigenvalue weighted by Crippen LogP contribution is 2.09. The predicted molar refractivity (Wildman–Crippen MR) is 64.0 cm³/mol. The molecule has 0 aliphatic heterocycles. The van der Waals surface area contributed by atoms with Gasteiger partial charge < -0.3 is 16.2 Å². The van der Waals surface area contributed by atoms with Crippen molar-refractivity contribution in [2.75, 3.05) is 13.1 Å². The molecule has 0 saturated heterocycles. The number of thiazole rings is 1. The summed E-state index contributed by atoms with van der Waals surface area (Å²) in [5, 5.41) is 13.6. The highest BCUT2D eigenvalue weighted by Gasteiger charge is 2.14. The maximum Gasteiger partial charge on any atom is 0.308 e. The van der Waals surface area contributed by atoms with E-state index in [0.29, 0.717) is 18.7 Å². The third-order valence-electron chi connectivity index (χ3n) is 2.13. The van der Waals surface area contributed by atoms with Gasteiger partial charge in [-0.3, -0.25) is 9.59 Å². The maximum absolute atomic E-state index is 11.6. The fraction of sp³-hybridized carbons (Fsp3) is 0.500. The Hall–Kier alpha value is -1.47. The van der Waals surface area contributed by atoms with Crippen LogP contribution in [0.2, 0.25) is 0 Å². The third-order valence-corrected chi connectivity index (χ3v) is 3.04. The van der Waals surface area contributed by atoms with E-state index in [0.717, 1.165) is 5.01 Å². The summed E-state index contributed by atoms with van der Waals surface area (Å²) in [5.74, 6) is -1.90. The molecule has 1 amide bonds. The van der Waals surface area contributed by atoms with Gasteiger partial charge in [0.25, 0.3) is 5.91 Å². The normalized spacial score (nSPS) is 12.1. The summed E-state index contributed by atoms with van der Waals surface area (Å²) < 4.78 is 0. The van der Waals surface area contributed by atoms with Crippen molar-refractivity contribution in [2.45, 2.75) is 13.3 Å². The first-order valence-electron chi connectivity index (χ1n) is 5.20. The van der Waals surface area contributed by atoms with E-state index in [1.807, 2.05) is 0 Å². The highest BCUT2D eigenvalue weighted by atomic mass is 32.1. The van der Waals surface area contributed by atoms with Gasteiger partial charge in [-0.05, 0) is 6.54 Å². The highest BCUT2D eigenvalue weighted by molar-refractivity contribution is 7.09. The minimum absolute atomic E-state index is 0.0952. The Morgan fingerprint density at radius 2 is 2.35 bits per heavy atom. The molecule has 6 nitrogen and oxygen atoms in total. The number of rotatable bonds is 6. The fourth-order valence-electron chi connectivity index (χ4n) is 1.08. The van der Waals surface area contributed by atoms with Crippen LogP contribution in [0, 0.1) is 5.92 Å². The number of nitrogens with zero attached hydrogens (tertiary/aromatic N) is 1. The van der Waals surface area contributed by atoms with Gasteiger partial charge in [-0.2, -0.15) is 0 Å². The van der Waals surface area contributed by atoms with E-state index in [-0.39, 0.29) is 12.5 Å². The average molecular weight is 257 g/mol. The number of nitrogens with one attached hydrogen (secondary N) is 1. The molecule has 4 N–H and O–H groups in total. The first-order chi connectivity index (χ1) is 8.04. The maximum atomic E-state index is 11.6. The van der Waals surface area contributed by atoms with Crippen molar-refractivity contribution in [3.05, 3.63) is 16.1 Å². The van der Waals surface area contributed by atoms with E-state index in [9.17, 15) is 9.59 Å². The molecule has 0 fully saturated rings. The van der Waals surface area contributed by atoms with E-state index >= 15 is 0 Å². The SMILES string of the molecule is CC(CNC(=O)c1csc(CCN)n1)C(=O)O. The van der Waals surface area contributed by atoms with Crippen LogP contribution in [0.25, 0.3) is 0 Å². The zero-order valence-corrected chi connectivity index (χ0v) is 10.3. The van der Waals surface area contributed by atoms with Gasteiger partial charge in [0.2, 0.25) is 0 Å². The Balaban J connectivity index is 2.49. The van der Waals surface area contributed by atoms with Crippen LogP contribution in [0.1, 0.15) is 22.4 Å². The summed E-state index contributed by atoms with van der Waals surface area (Å²) in [7, 11) is 0. The zero-order valence-electron chi connectivity index (χ0n) is 9.47. The molecule has 94 valence electrons. The first kappa shape index (κ1) is 13.6. The lowest BCUT2D eigenvalue weighted by Crippen LogP contribution is -2.31. The van der Waals surface area contributed by atoms with Crippen LogP contribution < -0.4 is 11.1 Å². The molecule has 1 heterocycles. The van der Waals surface area contributed by atoms with Gasteiger partial charge in [0.05, 0.1) is 10.9 Å². The Labute approximate surface area is 103 Å². The summed E-state index contributed by atoms with van der Waals surface area (Å²) in [6, 6.07) is 0. The first-order valence-corrected chi connectivity index (χ1v) is 6.08. The van der Waals surface area contributed by atoms with Crippen LogP contribution in [0.15, 0.2) is 5.38 Å². The molecule has 1 rings (SSSR count). The molecule has 0 aliphatic carbocycles. The van der Waals surface area contributed by atoms with Crippen molar-refractivity contribution in [3.63, 3.8) is 0 Å². The quantitative estimate of drug-likeness (QED) is 0.670. The Morgan fingerprint density at radius 3 is 2.94 bits per heavy atom. The average Bonchev–Trinajstić information content (AvgIpc) is 2.74. The van der Waals surface area contributed by atoms with Crippen LogP contribution in [0.3, 0.4) is 0 Å². The largest absolute Gasteiger partial charge is 0.481 e. The molecule has 0 radical (unpaired) electrons. The van der Waals surface area contributed by atoms with Gasteiger partial charge in [0, 0.05) is 18.3 Å². The van der Waals surface area contributed by atoms with Crippen molar-refractivity contribution in [3.8, 4) is 0 Å². The molecule has 0 aromatic carbocycles. The molecule has 0 saturated carbocycles. The van der Waals surface area contributed by atoms with Crippen molar-refractivity contribution >= 4 is 23.2 Å². The number of carbonyl (C=O) groups excluding carboxylic acids is 1. The van der Waals surface area contributed by atoms with Gasteiger partial charge in [0.1, 0.15) is 5.69 Å². The van der Waals surface area contributed by atoms with E-state index in [4.69, 9.17) is 10.8 Å². The molecule has 1 unspecified atom stereocenters. The lowest BCUT2D eigenvalue weighted by Gasteiger charge is -2.06. The minimum atomic E-state index is -0.938. The number of hydrogen-bond acceptors (Lipinski definition) is 5. The van der Waals surface area contributed by atoms with Gasteiger partial charge >= 0.3 is 5.97 Å².